The molecule has 0 aliphatic carbocycles. The van der Waals surface area contributed by atoms with Crippen molar-refractivity contribution in [3.63, 3.8) is 0 Å². The second-order valence-electron chi connectivity index (χ2n) is 5.36. The van der Waals surface area contributed by atoms with Crippen LogP contribution in [0.25, 0.3) is 0 Å². The number of carbonyl (C=O) groups is 1. The second kappa shape index (κ2) is 7.76. The molecule has 1 fully saturated rings. The first kappa shape index (κ1) is 15.5. The Bertz CT molecular complexity index is 407. The number of carbonyl (C=O) groups excluding carboxylic acids is 1. The number of piperazine rings is 1. The number of amides is 1. The van der Waals surface area contributed by atoms with Gasteiger partial charge in [-0.25, -0.2) is 0 Å². The Morgan fingerprint density at radius 2 is 2.35 bits per heavy atom. The lowest BCUT2D eigenvalue weighted by molar-refractivity contribution is -0.123. The van der Waals surface area contributed by atoms with Gasteiger partial charge >= 0.3 is 0 Å². The molecule has 1 aliphatic heterocycles. The van der Waals surface area contributed by atoms with Gasteiger partial charge in [0.05, 0.1) is 13.1 Å². The van der Waals surface area contributed by atoms with Crippen molar-refractivity contribution in [2.75, 3.05) is 19.6 Å². The van der Waals surface area contributed by atoms with E-state index in [1.54, 1.807) is 11.3 Å². The molecule has 0 spiro atoms. The van der Waals surface area contributed by atoms with Gasteiger partial charge in [0.15, 0.2) is 0 Å². The molecule has 2 unspecified atom stereocenters. The highest BCUT2D eigenvalue weighted by Crippen LogP contribution is 2.12. The fraction of sp³-hybridized carbons (Fsp3) is 0.667. The van der Waals surface area contributed by atoms with Crippen LogP contribution in [0, 0.1) is 0 Å². The number of nitrogens with one attached hydrogen (secondary N) is 2. The second-order valence-corrected chi connectivity index (χ2v) is 6.39. The maximum atomic E-state index is 12.1. The molecule has 112 valence electrons. The summed E-state index contributed by atoms with van der Waals surface area (Å²) in [5.74, 6) is 0.133. The lowest BCUT2D eigenvalue weighted by Gasteiger charge is -2.39. The quantitative estimate of drug-likeness (QED) is 0.841. The predicted molar refractivity (Wildman–Crippen MR) is 83.9 cm³/mol. The van der Waals surface area contributed by atoms with E-state index in [1.807, 2.05) is 11.4 Å². The zero-order chi connectivity index (χ0) is 14.4. The first-order valence-electron chi connectivity index (χ1n) is 7.49. The third kappa shape index (κ3) is 4.30. The third-order valence-electron chi connectivity index (χ3n) is 3.96. The van der Waals surface area contributed by atoms with Crippen molar-refractivity contribution in [3.05, 3.63) is 22.4 Å². The standard InChI is InChI=1S/C15H25N3OS/c1-3-12-10-18(13(4-2)8-16-12)11-15(19)17-9-14-6-5-7-20-14/h5-7,12-13,16H,3-4,8-11H2,1-2H3,(H,17,19). The van der Waals surface area contributed by atoms with Crippen molar-refractivity contribution < 1.29 is 4.79 Å². The van der Waals surface area contributed by atoms with Gasteiger partial charge in [-0.1, -0.05) is 19.9 Å². The van der Waals surface area contributed by atoms with Crippen LogP contribution in [-0.2, 0) is 11.3 Å². The molecule has 0 radical (unpaired) electrons. The molecule has 5 heteroatoms. The molecule has 0 aromatic carbocycles. The van der Waals surface area contributed by atoms with Gasteiger partial charge in [-0.05, 0) is 24.3 Å². The summed E-state index contributed by atoms with van der Waals surface area (Å²) in [5.41, 5.74) is 0. The number of thiophene rings is 1. The summed E-state index contributed by atoms with van der Waals surface area (Å²) >= 11 is 1.68. The maximum Gasteiger partial charge on any atom is 0.234 e. The molecule has 20 heavy (non-hydrogen) atoms. The maximum absolute atomic E-state index is 12.1. The Kier molecular flexibility index (Phi) is 6.01. The van der Waals surface area contributed by atoms with Gasteiger partial charge in [0.25, 0.3) is 0 Å². The van der Waals surface area contributed by atoms with Gasteiger partial charge < -0.3 is 10.6 Å². The molecule has 2 heterocycles. The molecule has 2 atom stereocenters. The van der Waals surface area contributed by atoms with Crippen LogP contribution < -0.4 is 10.6 Å². The molecule has 2 rings (SSSR count). The van der Waals surface area contributed by atoms with Crippen LogP contribution in [0.4, 0.5) is 0 Å². The van der Waals surface area contributed by atoms with Gasteiger partial charge in [-0.2, -0.15) is 0 Å². The van der Waals surface area contributed by atoms with Gasteiger partial charge in [0.2, 0.25) is 5.91 Å². The smallest absolute Gasteiger partial charge is 0.234 e. The summed E-state index contributed by atoms with van der Waals surface area (Å²) in [6.07, 6.45) is 2.20. The van der Waals surface area contributed by atoms with Gasteiger partial charge in [-0.15, -0.1) is 11.3 Å². The Labute approximate surface area is 125 Å². The summed E-state index contributed by atoms with van der Waals surface area (Å²) in [6, 6.07) is 5.06. The minimum absolute atomic E-state index is 0.133. The summed E-state index contributed by atoms with van der Waals surface area (Å²) in [5, 5.41) is 8.61. The molecular weight excluding hydrogens is 270 g/mol. The number of rotatable bonds is 6. The van der Waals surface area contributed by atoms with E-state index in [9.17, 15) is 4.79 Å². The average molecular weight is 295 g/mol. The van der Waals surface area contributed by atoms with E-state index < -0.39 is 0 Å². The topological polar surface area (TPSA) is 44.4 Å². The number of nitrogens with zero attached hydrogens (tertiary/aromatic N) is 1. The van der Waals surface area contributed by atoms with Crippen molar-refractivity contribution in [3.8, 4) is 0 Å². The Morgan fingerprint density at radius 1 is 1.50 bits per heavy atom. The highest BCUT2D eigenvalue weighted by atomic mass is 32.1. The molecule has 2 N–H and O–H groups in total. The Hall–Kier alpha value is -0.910. The average Bonchev–Trinajstić information content (AvgIpc) is 2.98. The summed E-state index contributed by atoms with van der Waals surface area (Å²) in [7, 11) is 0. The molecule has 4 nitrogen and oxygen atoms in total. The molecule has 1 aliphatic rings. The highest BCUT2D eigenvalue weighted by Gasteiger charge is 2.27. The van der Waals surface area contributed by atoms with E-state index in [0.29, 0.717) is 25.2 Å². The Balaban J connectivity index is 1.81. The van der Waals surface area contributed by atoms with E-state index in [4.69, 9.17) is 0 Å². The minimum atomic E-state index is 0.133. The van der Waals surface area contributed by atoms with Gasteiger partial charge in [0, 0.05) is 30.1 Å². The van der Waals surface area contributed by atoms with E-state index in [0.717, 1.165) is 25.9 Å². The van der Waals surface area contributed by atoms with Crippen LogP contribution in [0.1, 0.15) is 31.6 Å². The lowest BCUT2D eigenvalue weighted by Crippen LogP contribution is -2.57. The van der Waals surface area contributed by atoms with E-state index in [2.05, 4.69) is 35.4 Å². The van der Waals surface area contributed by atoms with Crippen LogP contribution >= 0.6 is 11.3 Å². The van der Waals surface area contributed by atoms with E-state index >= 15 is 0 Å². The van der Waals surface area contributed by atoms with Crippen LogP contribution in [0.2, 0.25) is 0 Å². The third-order valence-corrected chi connectivity index (χ3v) is 4.84. The van der Waals surface area contributed by atoms with E-state index in [-0.39, 0.29) is 5.91 Å². The highest BCUT2D eigenvalue weighted by molar-refractivity contribution is 7.09. The fourth-order valence-corrected chi connectivity index (χ4v) is 3.28. The predicted octanol–water partition coefficient (Wildman–Crippen LogP) is 1.83. The van der Waals surface area contributed by atoms with Crippen molar-refractivity contribution >= 4 is 17.2 Å². The molecule has 1 aromatic heterocycles. The van der Waals surface area contributed by atoms with Crippen LogP contribution in [0.5, 0.6) is 0 Å². The van der Waals surface area contributed by atoms with Gasteiger partial charge in [0.1, 0.15) is 0 Å². The molecule has 0 bridgehead atoms. The molecule has 1 amide bonds. The van der Waals surface area contributed by atoms with Crippen molar-refractivity contribution in [1.29, 1.82) is 0 Å². The summed E-state index contributed by atoms with van der Waals surface area (Å²) in [6.45, 7) is 7.52. The van der Waals surface area contributed by atoms with Crippen LogP contribution in [0.15, 0.2) is 17.5 Å². The van der Waals surface area contributed by atoms with Crippen LogP contribution in [-0.4, -0.2) is 42.5 Å². The summed E-state index contributed by atoms with van der Waals surface area (Å²) < 4.78 is 0. The normalized spacial score (nSPS) is 23.7. The first-order chi connectivity index (χ1) is 9.72. The molecule has 1 aromatic rings. The largest absolute Gasteiger partial charge is 0.350 e. The lowest BCUT2D eigenvalue weighted by atomic mass is 10.1. The minimum Gasteiger partial charge on any atom is -0.350 e. The molecular formula is C15H25N3OS. The summed E-state index contributed by atoms with van der Waals surface area (Å²) in [4.78, 5) is 15.6. The molecule has 1 saturated heterocycles. The number of hydrogen-bond donors (Lipinski definition) is 2. The zero-order valence-corrected chi connectivity index (χ0v) is 13.2. The monoisotopic (exact) mass is 295 g/mol. The fourth-order valence-electron chi connectivity index (χ4n) is 2.64. The van der Waals surface area contributed by atoms with Gasteiger partial charge in [-0.3, -0.25) is 9.69 Å². The van der Waals surface area contributed by atoms with E-state index in [1.165, 1.54) is 4.88 Å². The van der Waals surface area contributed by atoms with Crippen molar-refractivity contribution in [2.45, 2.75) is 45.3 Å². The van der Waals surface area contributed by atoms with Crippen molar-refractivity contribution in [1.82, 2.24) is 15.5 Å². The SMILES string of the molecule is CCC1CN(CC(=O)NCc2cccs2)C(CC)CN1. The Morgan fingerprint density at radius 3 is 3.00 bits per heavy atom. The van der Waals surface area contributed by atoms with Crippen LogP contribution in [0.3, 0.4) is 0 Å². The number of hydrogen-bond acceptors (Lipinski definition) is 4. The molecule has 0 saturated carbocycles. The first-order valence-corrected chi connectivity index (χ1v) is 8.37. The van der Waals surface area contributed by atoms with Crippen molar-refractivity contribution in [2.24, 2.45) is 0 Å². The zero-order valence-electron chi connectivity index (χ0n) is 12.4.